The molecule has 3 aromatic carbocycles. The number of hydrogen-bond acceptors (Lipinski definition) is 4. The largest absolute Gasteiger partial charge is 0.326 e. The molecule has 4 rings (SSSR count). The van der Waals surface area contributed by atoms with Gasteiger partial charge in [0.2, 0.25) is 5.91 Å². The Hall–Kier alpha value is -3.84. The van der Waals surface area contributed by atoms with Crippen LogP contribution in [0.4, 0.5) is 10.1 Å². The second-order valence-electron chi connectivity index (χ2n) is 7.15. The number of hydrogen-bond donors (Lipinski definition) is 1. The molecule has 1 heterocycles. The summed E-state index contributed by atoms with van der Waals surface area (Å²) >= 11 is 0. The lowest BCUT2D eigenvalue weighted by molar-refractivity contribution is -0.174. The van der Waals surface area contributed by atoms with Crippen LogP contribution in [0.5, 0.6) is 0 Å². The maximum atomic E-state index is 13.0. The molecule has 0 atom stereocenters. The van der Waals surface area contributed by atoms with Crippen LogP contribution >= 0.6 is 0 Å². The zero-order valence-electron chi connectivity index (χ0n) is 16.5. The molecule has 156 valence electrons. The first-order valence-corrected chi connectivity index (χ1v) is 9.71. The van der Waals surface area contributed by atoms with E-state index in [2.05, 4.69) is 5.32 Å². The van der Waals surface area contributed by atoms with E-state index in [1.54, 1.807) is 24.3 Å². The number of nitrogens with zero attached hydrogens (tertiary/aromatic N) is 1. The van der Waals surface area contributed by atoms with Gasteiger partial charge in [0.1, 0.15) is 12.4 Å². The molecule has 0 unspecified atom stereocenters. The third-order valence-corrected chi connectivity index (χ3v) is 4.86. The quantitative estimate of drug-likeness (QED) is 0.620. The number of nitrogens with one attached hydrogen (secondary N) is 1. The third-order valence-electron chi connectivity index (χ3n) is 4.86. The number of anilines is 1. The van der Waals surface area contributed by atoms with Gasteiger partial charge in [-0.05, 0) is 41.0 Å². The predicted molar refractivity (Wildman–Crippen MR) is 111 cm³/mol. The number of imide groups is 1. The van der Waals surface area contributed by atoms with Crippen molar-refractivity contribution in [2.75, 3.05) is 5.32 Å². The molecule has 7 heteroatoms. The number of carbonyl (C=O) groups is 3. The molecular formula is C24H19FN2O4. The summed E-state index contributed by atoms with van der Waals surface area (Å²) in [5.41, 5.74) is 2.80. The van der Waals surface area contributed by atoms with Crippen LogP contribution in [0.25, 0.3) is 0 Å². The summed E-state index contributed by atoms with van der Waals surface area (Å²) in [7, 11) is 0. The Bertz CT molecular complexity index is 1130. The Morgan fingerprint density at radius 3 is 2.45 bits per heavy atom. The van der Waals surface area contributed by atoms with Gasteiger partial charge in [0.25, 0.3) is 11.8 Å². The first kappa shape index (κ1) is 20.4. The van der Waals surface area contributed by atoms with Gasteiger partial charge in [-0.1, -0.05) is 48.5 Å². The van der Waals surface area contributed by atoms with Crippen LogP contribution < -0.4 is 5.32 Å². The number of fused-ring (bicyclic) bond motifs is 1. The van der Waals surface area contributed by atoms with Gasteiger partial charge in [0.05, 0.1) is 12.8 Å². The number of amides is 3. The van der Waals surface area contributed by atoms with Crippen LogP contribution in [0.15, 0.2) is 72.8 Å². The van der Waals surface area contributed by atoms with Crippen molar-refractivity contribution >= 4 is 23.4 Å². The summed E-state index contributed by atoms with van der Waals surface area (Å²) < 4.78 is 13.0. The molecule has 0 saturated heterocycles. The van der Waals surface area contributed by atoms with E-state index in [0.29, 0.717) is 22.4 Å². The number of halogens is 1. The van der Waals surface area contributed by atoms with Crippen molar-refractivity contribution in [1.29, 1.82) is 0 Å². The van der Waals surface area contributed by atoms with Gasteiger partial charge >= 0.3 is 0 Å². The first-order valence-electron chi connectivity index (χ1n) is 9.71. The lowest BCUT2D eigenvalue weighted by atomic mass is 9.99. The minimum Gasteiger partial charge on any atom is -0.326 e. The fourth-order valence-corrected chi connectivity index (χ4v) is 3.30. The molecule has 0 radical (unpaired) electrons. The van der Waals surface area contributed by atoms with Crippen molar-refractivity contribution in [2.24, 2.45) is 0 Å². The van der Waals surface area contributed by atoms with Gasteiger partial charge in [0, 0.05) is 11.3 Å². The van der Waals surface area contributed by atoms with E-state index in [0.717, 1.165) is 10.6 Å². The minimum absolute atomic E-state index is 0.0274. The minimum atomic E-state index is -0.572. The normalized spacial score (nSPS) is 13.1. The number of hydroxylamine groups is 2. The maximum Gasteiger partial charge on any atom is 0.285 e. The lowest BCUT2D eigenvalue weighted by Gasteiger charge is -2.26. The summed E-state index contributed by atoms with van der Waals surface area (Å²) in [6.45, 7) is 0.0851. The highest BCUT2D eigenvalue weighted by Gasteiger charge is 2.32. The topological polar surface area (TPSA) is 75.7 Å². The van der Waals surface area contributed by atoms with Crippen molar-refractivity contribution in [3.05, 3.63) is 101 Å². The van der Waals surface area contributed by atoms with E-state index in [9.17, 15) is 18.8 Å². The van der Waals surface area contributed by atoms with Crippen LogP contribution in [-0.4, -0.2) is 22.8 Å². The van der Waals surface area contributed by atoms with Crippen LogP contribution in [0.2, 0.25) is 0 Å². The van der Waals surface area contributed by atoms with E-state index >= 15 is 0 Å². The molecule has 3 amide bonds. The number of carbonyl (C=O) groups excluding carboxylic acids is 3. The standard InChI is InChI=1S/C24H19FN2O4/c25-19-9-6-16(7-10-19)12-22(28)26-20-11-8-18-13-23(29)27(24(30)21(18)14-20)31-15-17-4-2-1-3-5-17/h1-11,14H,12-13,15H2,(H,26,28). The maximum absolute atomic E-state index is 13.0. The van der Waals surface area contributed by atoms with Gasteiger partial charge in [-0.15, -0.1) is 5.06 Å². The van der Waals surface area contributed by atoms with Crippen molar-refractivity contribution in [1.82, 2.24) is 5.06 Å². The second kappa shape index (κ2) is 8.89. The molecule has 0 saturated carbocycles. The van der Waals surface area contributed by atoms with E-state index in [-0.39, 0.29) is 31.2 Å². The van der Waals surface area contributed by atoms with Crippen LogP contribution in [0.1, 0.15) is 27.0 Å². The van der Waals surface area contributed by atoms with E-state index < -0.39 is 11.8 Å². The molecule has 0 aromatic heterocycles. The molecule has 6 nitrogen and oxygen atoms in total. The monoisotopic (exact) mass is 418 g/mol. The average molecular weight is 418 g/mol. The van der Waals surface area contributed by atoms with E-state index in [1.807, 2.05) is 30.3 Å². The Balaban J connectivity index is 1.45. The highest BCUT2D eigenvalue weighted by Crippen LogP contribution is 2.24. The SMILES string of the molecule is O=C(Cc1ccc(F)cc1)Nc1ccc2c(c1)C(=O)N(OCc1ccccc1)C(=O)C2. The van der Waals surface area contributed by atoms with Gasteiger partial charge in [-0.25, -0.2) is 4.39 Å². The van der Waals surface area contributed by atoms with Gasteiger partial charge in [-0.3, -0.25) is 19.2 Å². The fraction of sp³-hybridized carbons (Fsp3) is 0.125. The Labute approximate surface area is 178 Å². The van der Waals surface area contributed by atoms with Crippen molar-refractivity contribution in [3.8, 4) is 0 Å². The van der Waals surface area contributed by atoms with Crippen LogP contribution in [0.3, 0.4) is 0 Å². The summed E-state index contributed by atoms with van der Waals surface area (Å²) in [5.74, 6) is -1.69. The van der Waals surface area contributed by atoms with Crippen molar-refractivity contribution < 1.29 is 23.6 Å². The molecule has 0 aliphatic carbocycles. The highest BCUT2D eigenvalue weighted by molar-refractivity contribution is 6.09. The molecule has 0 spiro atoms. The molecule has 1 N–H and O–H groups in total. The lowest BCUT2D eigenvalue weighted by Crippen LogP contribution is -2.42. The third kappa shape index (κ3) is 4.84. The van der Waals surface area contributed by atoms with Crippen LogP contribution in [0, 0.1) is 5.82 Å². The summed E-state index contributed by atoms with van der Waals surface area (Å²) in [6, 6.07) is 19.7. The van der Waals surface area contributed by atoms with Gasteiger partial charge in [-0.2, -0.15) is 0 Å². The molecule has 3 aromatic rings. The zero-order chi connectivity index (χ0) is 21.8. The van der Waals surface area contributed by atoms with E-state index in [4.69, 9.17) is 4.84 Å². The number of benzene rings is 3. The Morgan fingerprint density at radius 2 is 1.71 bits per heavy atom. The number of rotatable bonds is 6. The molecule has 31 heavy (non-hydrogen) atoms. The van der Waals surface area contributed by atoms with Crippen molar-refractivity contribution in [3.63, 3.8) is 0 Å². The zero-order valence-corrected chi connectivity index (χ0v) is 16.5. The van der Waals surface area contributed by atoms with Gasteiger partial charge in [0.15, 0.2) is 0 Å². The highest BCUT2D eigenvalue weighted by atomic mass is 19.1. The first-order chi connectivity index (χ1) is 15.0. The van der Waals surface area contributed by atoms with Gasteiger partial charge < -0.3 is 5.32 Å². The Morgan fingerprint density at radius 1 is 0.968 bits per heavy atom. The molecule has 0 bridgehead atoms. The smallest absolute Gasteiger partial charge is 0.285 e. The summed E-state index contributed by atoms with van der Waals surface area (Å²) in [5, 5.41) is 3.51. The van der Waals surface area contributed by atoms with E-state index in [1.165, 1.54) is 18.2 Å². The molecular weight excluding hydrogens is 399 g/mol. The van der Waals surface area contributed by atoms with Crippen molar-refractivity contribution in [2.45, 2.75) is 19.4 Å². The molecule has 1 aliphatic heterocycles. The second-order valence-corrected chi connectivity index (χ2v) is 7.15. The van der Waals surface area contributed by atoms with Crippen LogP contribution in [-0.2, 0) is 33.9 Å². The average Bonchev–Trinajstić information content (AvgIpc) is 2.76. The fourth-order valence-electron chi connectivity index (χ4n) is 3.30. The summed E-state index contributed by atoms with van der Waals surface area (Å²) in [4.78, 5) is 43.0. The molecule has 0 fully saturated rings. The summed E-state index contributed by atoms with van der Waals surface area (Å²) in [6.07, 6.45) is 0.0930. The predicted octanol–water partition coefficient (Wildman–Crippen LogP) is 3.66. The molecule has 1 aliphatic rings. The Kier molecular flexibility index (Phi) is 5.86.